The molecule has 2 aromatic carbocycles. The zero-order chi connectivity index (χ0) is 14.1. The van der Waals surface area contributed by atoms with E-state index in [2.05, 4.69) is 52.7 Å². The minimum atomic E-state index is 0.576. The van der Waals surface area contributed by atoms with Crippen LogP contribution in [-0.4, -0.2) is 15.2 Å². The monoisotopic (exact) mass is 277 g/mol. The highest BCUT2D eigenvalue weighted by Gasteiger charge is 2.21. The molecule has 4 rings (SSSR count). The number of rotatable bonds is 3. The lowest BCUT2D eigenvalue weighted by molar-refractivity contribution is 0.671. The second-order valence-corrected chi connectivity index (χ2v) is 5.98. The lowest BCUT2D eigenvalue weighted by Gasteiger charge is -2.02. The van der Waals surface area contributed by atoms with Gasteiger partial charge < -0.3 is 0 Å². The topological polar surface area (TPSA) is 41.6 Å². The number of aromatic nitrogens is 3. The van der Waals surface area contributed by atoms with Crippen LogP contribution in [0.5, 0.6) is 0 Å². The van der Waals surface area contributed by atoms with Crippen molar-refractivity contribution >= 4 is 10.8 Å². The summed E-state index contributed by atoms with van der Waals surface area (Å²) in [6, 6.07) is 15.1. The van der Waals surface area contributed by atoms with Crippen LogP contribution in [0.2, 0.25) is 0 Å². The molecule has 3 aromatic rings. The van der Waals surface area contributed by atoms with Gasteiger partial charge in [0.15, 0.2) is 5.82 Å². The van der Waals surface area contributed by atoms with Crippen molar-refractivity contribution in [1.82, 2.24) is 15.2 Å². The van der Waals surface area contributed by atoms with Crippen LogP contribution in [-0.2, 0) is 6.42 Å². The summed E-state index contributed by atoms with van der Waals surface area (Å²) in [5.41, 5.74) is 1.28. The quantitative estimate of drug-likeness (QED) is 0.779. The molecule has 1 aliphatic rings. The smallest absolute Gasteiger partial charge is 0.153 e. The number of nitrogens with one attached hydrogen (secondary N) is 1. The van der Waals surface area contributed by atoms with Crippen LogP contribution in [0.3, 0.4) is 0 Å². The Balaban J connectivity index is 1.56. The van der Waals surface area contributed by atoms with Gasteiger partial charge in [-0.25, -0.2) is 4.98 Å². The summed E-state index contributed by atoms with van der Waals surface area (Å²) < 4.78 is 0. The Morgan fingerprint density at radius 1 is 1.00 bits per heavy atom. The van der Waals surface area contributed by atoms with Gasteiger partial charge in [-0.3, -0.25) is 5.10 Å². The molecule has 0 unspecified atom stereocenters. The molecule has 0 aliphatic heterocycles. The van der Waals surface area contributed by atoms with Crippen molar-refractivity contribution in [2.45, 2.75) is 38.0 Å². The largest absolute Gasteiger partial charge is 0.263 e. The Hall–Kier alpha value is -2.16. The van der Waals surface area contributed by atoms with Gasteiger partial charge >= 0.3 is 0 Å². The Morgan fingerprint density at radius 2 is 1.81 bits per heavy atom. The van der Waals surface area contributed by atoms with Crippen LogP contribution in [0, 0.1) is 0 Å². The van der Waals surface area contributed by atoms with Crippen molar-refractivity contribution in [3.05, 3.63) is 59.7 Å². The summed E-state index contributed by atoms with van der Waals surface area (Å²) in [5.74, 6) is 2.57. The fraction of sp³-hybridized carbons (Fsp3) is 0.333. The van der Waals surface area contributed by atoms with Crippen LogP contribution in [0.4, 0.5) is 0 Å². The Kier molecular flexibility index (Phi) is 3.18. The molecule has 1 heterocycles. The molecule has 1 aromatic heterocycles. The van der Waals surface area contributed by atoms with E-state index in [-0.39, 0.29) is 0 Å². The third-order valence-corrected chi connectivity index (χ3v) is 4.45. The standard InChI is InChI=1S/C18H19N3/c1-4-8-16-11-13(9-10-14(16)5-1)12-17-19-18(21-20-17)15-6-2-3-7-15/h1,4-5,8-11,15H,2-3,6-7,12H2,(H,19,20,21). The van der Waals surface area contributed by atoms with E-state index < -0.39 is 0 Å². The molecule has 0 bridgehead atoms. The van der Waals surface area contributed by atoms with E-state index in [4.69, 9.17) is 4.98 Å². The molecule has 106 valence electrons. The van der Waals surface area contributed by atoms with Gasteiger partial charge in [0.05, 0.1) is 0 Å². The van der Waals surface area contributed by atoms with E-state index in [9.17, 15) is 0 Å². The molecule has 1 saturated carbocycles. The molecule has 0 radical (unpaired) electrons. The highest BCUT2D eigenvalue weighted by Crippen LogP contribution is 2.32. The molecule has 1 N–H and O–H groups in total. The zero-order valence-electron chi connectivity index (χ0n) is 12.0. The first-order valence-corrected chi connectivity index (χ1v) is 7.77. The average molecular weight is 277 g/mol. The lowest BCUT2D eigenvalue weighted by atomic mass is 10.0. The lowest BCUT2D eigenvalue weighted by Crippen LogP contribution is -1.95. The molecule has 1 fully saturated rings. The first-order valence-electron chi connectivity index (χ1n) is 7.77. The van der Waals surface area contributed by atoms with E-state index in [0.717, 1.165) is 18.1 Å². The maximum Gasteiger partial charge on any atom is 0.153 e. The van der Waals surface area contributed by atoms with Crippen LogP contribution in [0.1, 0.15) is 48.8 Å². The fourth-order valence-electron chi connectivity index (χ4n) is 3.30. The van der Waals surface area contributed by atoms with Gasteiger partial charge in [-0.15, -0.1) is 0 Å². The first kappa shape index (κ1) is 12.6. The number of nitrogens with zero attached hydrogens (tertiary/aromatic N) is 2. The Bertz CT molecular complexity index is 754. The van der Waals surface area contributed by atoms with Crippen molar-refractivity contribution in [2.75, 3.05) is 0 Å². The Labute approximate surface area is 124 Å². The SMILES string of the molecule is c1ccc2cc(Cc3nc(C4CCCC4)n[nH]3)ccc2c1. The third kappa shape index (κ3) is 2.56. The normalized spacial score (nSPS) is 15.8. The molecule has 3 heteroatoms. The number of aromatic amines is 1. The van der Waals surface area contributed by atoms with Crippen LogP contribution >= 0.6 is 0 Å². The number of benzene rings is 2. The molecule has 3 nitrogen and oxygen atoms in total. The summed E-state index contributed by atoms with van der Waals surface area (Å²) in [6.07, 6.45) is 5.95. The van der Waals surface area contributed by atoms with Crippen LogP contribution < -0.4 is 0 Å². The predicted octanol–water partition coefficient (Wildman–Crippen LogP) is 4.21. The van der Waals surface area contributed by atoms with Gasteiger partial charge in [0.25, 0.3) is 0 Å². The minimum Gasteiger partial charge on any atom is -0.263 e. The van der Waals surface area contributed by atoms with Crippen molar-refractivity contribution in [3.63, 3.8) is 0 Å². The first-order chi connectivity index (χ1) is 10.4. The molecular weight excluding hydrogens is 258 g/mol. The maximum atomic E-state index is 4.70. The molecular formula is C18H19N3. The van der Waals surface area contributed by atoms with E-state index in [0.29, 0.717) is 5.92 Å². The van der Waals surface area contributed by atoms with E-state index >= 15 is 0 Å². The number of fused-ring (bicyclic) bond motifs is 1. The third-order valence-electron chi connectivity index (χ3n) is 4.45. The summed E-state index contributed by atoms with van der Waals surface area (Å²) in [4.78, 5) is 4.70. The molecule has 21 heavy (non-hydrogen) atoms. The summed E-state index contributed by atoms with van der Waals surface area (Å²) in [7, 11) is 0. The van der Waals surface area contributed by atoms with Crippen molar-refractivity contribution < 1.29 is 0 Å². The highest BCUT2D eigenvalue weighted by molar-refractivity contribution is 5.83. The second-order valence-electron chi connectivity index (χ2n) is 5.98. The van der Waals surface area contributed by atoms with Gasteiger partial charge in [-0.1, -0.05) is 55.3 Å². The van der Waals surface area contributed by atoms with Gasteiger partial charge in [0.1, 0.15) is 5.82 Å². The predicted molar refractivity (Wildman–Crippen MR) is 84.3 cm³/mol. The van der Waals surface area contributed by atoms with E-state index in [1.807, 2.05) is 0 Å². The van der Waals surface area contributed by atoms with Crippen LogP contribution in [0.15, 0.2) is 42.5 Å². The second kappa shape index (κ2) is 5.32. The molecule has 0 amide bonds. The minimum absolute atomic E-state index is 0.576. The summed E-state index contributed by atoms with van der Waals surface area (Å²) in [5, 5.41) is 10.1. The number of hydrogen-bond donors (Lipinski definition) is 1. The van der Waals surface area contributed by atoms with E-state index in [1.165, 1.54) is 42.0 Å². The average Bonchev–Trinajstić information content (AvgIpc) is 3.18. The van der Waals surface area contributed by atoms with Crippen molar-refractivity contribution in [2.24, 2.45) is 0 Å². The fourth-order valence-corrected chi connectivity index (χ4v) is 3.30. The van der Waals surface area contributed by atoms with Gasteiger partial charge in [-0.05, 0) is 29.2 Å². The number of H-pyrrole nitrogens is 1. The van der Waals surface area contributed by atoms with Crippen molar-refractivity contribution in [1.29, 1.82) is 0 Å². The Morgan fingerprint density at radius 3 is 2.67 bits per heavy atom. The number of hydrogen-bond acceptors (Lipinski definition) is 2. The van der Waals surface area contributed by atoms with Crippen molar-refractivity contribution in [3.8, 4) is 0 Å². The van der Waals surface area contributed by atoms with Gasteiger partial charge in [0.2, 0.25) is 0 Å². The van der Waals surface area contributed by atoms with Gasteiger partial charge in [-0.2, -0.15) is 5.10 Å². The molecule has 0 atom stereocenters. The molecule has 0 spiro atoms. The summed E-state index contributed by atoms with van der Waals surface area (Å²) >= 11 is 0. The van der Waals surface area contributed by atoms with E-state index in [1.54, 1.807) is 0 Å². The zero-order valence-corrected chi connectivity index (χ0v) is 12.0. The highest BCUT2D eigenvalue weighted by atomic mass is 15.2. The van der Waals surface area contributed by atoms with Crippen LogP contribution in [0.25, 0.3) is 10.8 Å². The molecule has 1 aliphatic carbocycles. The molecule has 0 saturated heterocycles. The maximum absolute atomic E-state index is 4.70. The van der Waals surface area contributed by atoms with Gasteiger partial charge in [0, 0.05) is 12.3 Å². The summed E-state index contributed by atoms with van der Waals surface area (Å²) in [6.45, 7) is 0.